The molecule has 0 spiro atoms. The van der Waals surface area contributed by atoms with E-state index in [1.807, 2.05) is 6.08 Å². The average Bonchev–Trinajstić information content (AvgIpc) is 2.12. The van der Waals surface area contributed by atoms with Gasteiger partial charge in [-0.05, 0) is 42.5 Å². The number of fused-ring (bicyclic) bond motifs is 1. The molecule has 1 unspecified atom stereocenters. The molecule has 0 aliphatic heterocycles. The van der Waals surface area contributed by atoms with Crippen molar-refractivity contribution >= 4 is 6.08 Å². The van der Waals surface area contributed by atoms with Crippen LogP contribution in [0.5, 0.6) is 0 Å². The number of aliphatic hydroxyl groups excluding tert-OH is 1. The predicted octanol–water partition coefficient (Wildman–Crippen LogP) is 2.75. The third-order valence-corrected chi connectivity index (χ3v) is 2.70. The second-order valence-corrected chi connectivity index (χ2v) is 3.68. The highest BCUT2D eigenvalue weighted by Gasteiger charge is 2.17. The Hall–Kier alpha value is -1.08. The molecule has 0 saturated heterocycles. The molecular formula is C12H14O. The van der Waals surface area contributed by atoms with E-state index in [9.17, 15) is 5.11 Å². The lowest BCUT2D eigenvalue weighted by Gasteiger charge is -2.20. The molecule has 0 heterocycles. The normalized spacial score (nSPS) is 20.1. The van der Waals surface area contributed by atoms with Crippen LogP contribution in [-0.4, -0.2) is 5.11 Å². The Bertz CT molecular complexity index is 364. The summed E-state index contributed by atoms with van der Waals surface area (Å²) in [6.07, 6.45) is 4.60. The van der Waals surface area contributed by atoms with Crippen LogP contribution in [0.3, 0.4) is 0 Å². The van der Waals surface area contributed by atoms with Crippen LogP contribution in [0.15, 0.2) is 18.2 Å². The molecule has 2 rings (SSSR count). The summed E-state index contributed by atoms with van der Waals surface area (Å²) in [5.74, 6) is 0. The van der Waals surface area contributed by atoms with E-state index in [4.69, 9.17) is 0 Å². The summed E-state index contributed by atoms with van der Waals surface area (Å²) < 4.78 is 0. The fourth-order valence-corrected chi connectivity index (χ4v) is 1.95. The number of aliphatic hydroxyl groups is 1. The van der Waals surface area contributed by atoms with E-state index < -0.39 is 0 Å². The molecule has 1 aromatic rings. The summed E-state index contributed by atoms with van der Waals surface area (Å²) in [4.78, 5) is 0. The molecule has 1 atom stereocenters. The lowest BCUT2D eigenvalue weighted by molar-refractivity contribution is 0.179. The summed E-state index contributed by atoms with van der Waals surface area (Å²) >= 11 is 0. The molecule has 1 aromatic carbocycles. The van der Waals surface area contributed by atoms with Gasteiger partial charge in [-0.1, -0.05) is 24.3 Å². The summed E-state index contributed by atoms with van der Waals surface area (Å²) in [7, 11) is 0. The quantitative estimate of drug-likeness (QED) is 0.641. The van der Waals surface area contributed by atoms with Gasteiger partial charge in [-0.25, -0.2) is 0 Å². The van der Waals surface area contributed by atoms with Crippen molar-refractivity contribution in [3.63, 3.8) is 0 Å². The molecule has 0 bridgehead atoms. The van der Waals surface area contributed by atoms with Gasteiger partial charge in [0.25, 0.3) is 0 Å². The van der Waals surface area contributed by atoms with Crippen molar-refractivity contribution < 1.29 is 5.11 Å². The predicted molar refractivity (Wildman–Crippen MR) is 54.5 cm³/mol. The van der Waals surface area contributed by atoms with Crippen LogP contribution >= 0.6 is 0 Å². The maximum Gasteiger partial charge on any atom is 0.0833 e. The van der Waals surface area contributed by atoms with E-state index in [1.165, 1.54) is 16.7 Å². The second-order valence-electron chi connectivity index (χ2n) is 3.68. The maximum absolute atomic E-state index is 9.82. The Morgan fingerprint density at radius 1 is 1.23 bits per heavy atom. The van der Waals surface area contributed by atoms with Crippen LogP contribution in [0.1, 0.15) is 34.8 Å². The number of rotatable bonds is 0. The monoisotopic (exact) mass is 174 g/mol. The van der Waals surface area contributed by atoms with Crippen molar-refractivity contribution in [3.8, 4) is 0 Å². The van der Waals surface area contributed by atoms with Crippen molar-refractivity contribution in [2.75, 3.05) is 0 Å². The van der Waals surface area contributed by atoms with E-state index >= 15 is 0 Å². The SMILES string of the molecule is Cc1ccc(C)c2c1C=CCC2O. The van der Waals surface area contributed by atoms with Gasteiger partial charge in [-0.3, -0.25) is 0 Å². The number of benzene rings is 1. The van der Waals surface area contributed by atoms with Gasteiger partial charge < -0.3 is 5.11 Å². The fraction of sp³-hybridized carbons (Fsp3) is 0.333. The molecule has 1 aliphatic carbocycles. The Labute approximate surface area is 78.7 Å². The molecule has 0 saturated carbocycles. The molecule has 0 radical (unpaired) electrons. The van der Waals surface area contributed by atoms with Crippen LogP contribution in [0.4, 0.5) is 0 Å². The minimum absolute atomic E-state index is 0.306. The molecule has 68 valence electrons. The number of aryl methyl sites for hydroxylation is 2. The minimum Gasteiger partial charge on any atom is -0.388 e. The zero-order chi connectivity index (χ0) is 9.42. The first-order valence-corrected chi connectivity index (χ1v) is 4.65. The zero-order valence-electron chi connectivity index (χ0n) is 8.04. The van der Waals surface area contributed by atoms with Crippen molar-refractivity contribution in [2.45, 2.75) is 26.4 Å². The van der Waals surface area contributed by atoms with Crippen molar-refractivity contribution in [1.82, 2.24) is 0 Å². The van der Waals surface area contributed by atoms with Crippen LogP contribution < -0.4 is 0 Å². The Kier molecular flexibility index (Phi) is 1.97. The van der Waals surface area contributed by atoms with Crippen molar-refractivity contribution in [3.05, 3.63) is 40.5 Å². The maximum atomic E-state index is 9.82. The second kappa shape index (κ2) is 3.00. The van der Waals surface area contributed by atoms with E-state index in [2.05, 4.69) is 32.1 Å². The van der Waals surface area contributed by atoms with Crippen LogP contribution in [0.2, 0.25) is 0 Å². The van der Waals surface area contributed by atoms with Crippen LogP contribution in [-0.2, 0) is 0 Å². The van der Waals surface area contributed by atoms with Gasteiger partial charge in [0, 0.05) is 0 Å². The Morgan fingerprint density at radius 3 is 2.62 bits per heavy atom. The Balaban J connectivity index is 2.69. The first kappa shape index (κ1) is 8.52. The topological polar surface area (TPSA) is 20.2 Å². The molecule has 1 aliphatic rings. The highest BCUT2D eigenvalue weighted by atomic mass is 16.3. The fourth-order valence-electron chi connectivity index (χ4n) is 1.95. The number of hydrogen-bond donors (Lipinski definition) is 1. The summed E-state index contributed by atoms with van der Waals surface area (Å²) in [5.41, 5.74) is 4.76. The van der Waals surface area contributed by atoms with E-state index in [1.54, 1.807) is 0 Å². The van der Waals surface area contributed by atoms with Gasteiger partial charge in [0.1, 0.15) is 0 Å². The first-order chi connectivity index (χ1) is 6.20. The Morgan fingerprint density at radius 2 is 1.92 bits per heavy atom. The third kappa shape index (κ3) is 1.29. The van der Waals surface area contributed by atoms with E-state index in [0.717, 1.165) is 12.0 Å². The standard InChI is InChI=1S/C12H14O/c1-8-6-7-9(2)12-10(8)4-3-5-11(12)13/h3-4,6-7,11,13H,5H2,1-2H3. The van der Waals surface area contributed by atoms with Crippen molar-refractivity contribution in [1.29, 1.82) is 0 Å². The average molecular weight is 174 g/mol. The molecule has 0 aromatic heterocycles. The summed E-state index contributed by atoms with van der Waals surface area (Å²) in [5, 5.41) is 9.82. The van der Waals surface area contributed by atoms with Gasteiger partial charge in [0.2, 0.25) is 0 Å². The molecule has 13 heavy (non-hydrogen) atoms. The van der Waals surface area contributed by atoms with Crippen molar-refractivity contribution in [2.24, 2.45) is 0 Å². The van der Waals surface area contributed by atoms with E-state index in [-0.39, 0.29) is 6.10 Å². The lowest BCUT2D eigenvalue weighted by Crippen LogP contribution is -2.06. The van der Waals surface area contributed by atoms with Gasteiger partial charge in [-0.15, -0.1) is 0 Å². The highest BCUT2D eigenvalue weighted by molar-refractivity contribution is 5.62. The van der Waals surface area contributed by atoms with Crippen LogP contribution in [0.25, 0.3) is 6.08 Å². The van der Waals surface area contributed by atoms with Gasteiger partial charge in [-0.2, -0.15) is 0 Å². The van der Waals surface area contributed by atoms with E-state index in [0.29, 0.717) is 0 Å². The molecule has 1 heteroatoms. The smallest absolute Gasteiger partial charge is 0.0833 e. The largest absolute Gasteiger partial charge is 0.388 e. The molecule has 0 fully saturated rings. The lowest BCUT2D eigenvalue weighted by atomic mass is 9.88. The number of hydrogen-bond acceptors (Lipinski definition) is 1. The first-order valence-electron chi connectivity index (χ1n) is 4.65. The van der Waals surface area contributed by atoms with Gasteiger partial charge >= 0.3 is 0 Å². The molecule has 1 nitrogen and oxygen atoms in total. The van der Waals surface area contributed by atoms with Gasteiger partial charge in [0.15, 0.2) is 0 Å². The molecule has 0 amide bonds. The third-order valence-electron chi connectivity index (χ3n) is 2.70. The summed E-state index contributed by atoms with van der Waals surface area (Å²) in [6, 6.07) is 4.19. The highest BCUT2D eigenvalue weighted by Crippen LogP contribution is 2.32. The molecule has 1 N–H and O–H groups in total. The minimum atomic E-state index is -0.306. The molecular weight excluding hydrogens is 160 g/mol. The van der Waals surface area contributed by atoms with Crippen LogP contribution in [0, 0.1) is 13.8 Å². The zero-order valence-corrected chi connectivity index (χ0v) is 8.04. The summed E-state index contributed by atoms with van der Waals surface area (Å²) in [6.45, 7) is 4.14. The van der Waals surface area contributed by atoms with Gasteiger partial charge in [0.05, 0.1) is 6.10 Å².